The van der Waals surface area contributed by atoms with Crippen LogP contribution in [0.4, 0.5) is 0 Å². The first-order chi connectivity index (χ1) is 9.20. The van der Waals surface area contributed by atoms with Gasteiger partial charge in [0.05, 0.1) is 11.2 Å². The van der Waals surface area contributed by atoms with Gasteiger partial charge in [-0.2, -0.15) is 0 Å². The van der Waals surface area contributed by atoms with Gasteiger partial charge < -0.3 is 10.1 Å². The topological polar surface area (TPSA) is 38.3 Å². The second-order valence-electron chi connectivity index (χ2n) is 6.70. The SMILES string of the molecule is C[S@@](=O)c1ccc(CN[C@H]2CC(C)(C)OC2(C)C)cc1. The van der Waals surface area contributed by atoms with E-state index in [0.717, 1.165) is 17.9 Å². The maximum Gasteiger partial charge on any atom is 0.0787 e. The third kappa shape index (κ3) is 3.68. The molecule has 1 fully saturated rings. The summed E-state index contributed by atoms with van der Waals surface area (Å²) in [4.78, 5) is 0.874. The Balaban J connectivity index is 1.97. The molecule has 3 nitrogen and oxygen atoms in total. The molecule has 0 aliphatic carbocycles. The van der Waals surface area contributed by atoms with Crippen LogP contribution < -0.4 is 5.32 Å². The van der Waals surface area contributed by atoms with Crippen molar-refractivity contribution in [1.82, 2.24) is 5.32 Å². The predicted molar refractivity (Wildman–Crippen MR) is 83.3 cm³/mol. The van der Waals surface area contributed by atoms with Gasteiger partial charge in [-0.05, 0) is 51.8 Å². The summed E-state index contributed by atoms with van der Waals surface area (Å²) in [7, 11) is -0.906. The van der Waals surface area contributed by atoms with E-state index in [-0.39, 0.29) is 11.2 Å². The highest BCUT2D eigenvalue weighted by atomic mass is 32.2. The zero-order valence-corrected chi connectivity index (χ0v) is 13.8. The van der Waals surface area contributed by atoms with Gasteiger partial charge in [-0.3, -0.25) is 4.21 Å². The maximum atomic E-state index is 11.4. The van der Waals surface area contributed by atoms with E-state index < -0.39 is 10.8 Å². The minimum absolute atomic E-state index is 0.0653. The Kier molecular flexibility index (Phi) is 4.38. The van der Waals surface area contributed by atoms with E-state index in [9.17, 15) is 4.21 Å². The van der Waals surface area contributed by atoms with Crippen LogP contribution in [0.2, 0.25) is 0 Å². The summed E-state index contributed by atoms with van der Waals surface area (Å²) in [6, 6.07) is 8.30. The summed E-state index contributed by atoms with van der Waals surface area (Å²) >= 11 is 0. The summed E-state index contributed by atoms with van der Waals surface area (Å²) in [6.07, 6.45) is 2.71. The van der Waals surface area contributed by atoms with Crippen LogP contribution in [0.1, 0.15) is 39.7 Å². The molecule has 4 heteroatoms. The first-order valence-electron chi connectivity index (χ1n) is 7.05. The number of rotatable bonds is 4. The quantitative estimate of drug-likeness (QED) is 0.928. The van der Waals surface area contributed by atoms with Crippen LogP contribution in [0.5, 0.6) is 0 Å². The fraction of sp³-hybridized carbons (Fsp3) is 0.625. The molecule has 1 saturated heterocycles. The first kappa shape index (κ1) is 15.7. The monoisotopic (exact) mass is 295 g/mol. The molecule has 1 aromatic rings. The molecule has 1 heterocycles. The van der Waals surface area contributed by atoms with Gasteiger partial charge in [0.15, 0.2) is 0 Å². The minimum Gasteiger partial charge on any atom is -0.368 e. The fourth-order valence-electron chi connectivity index (χ4n) is 2.92. The summed E-state index contributed by atoms with van der Waals surface area (Å²) in [5.41, 5.74) is 0.998. The molecule has 112 valence electrons. The molecule has 0 bridgehead atoms. The van der Waals surface area contributed by atoms with Crippen LogP contribution in [-0.4, -0.2) is 27.7 Å². The fourth-order valence-corrected chi connectivity index (χ4v) is 3.44. The van der Waals surface area contributed by atoms with Gasteiger partial charge in [-0.15, -0.1) is 0 Å². The summed E-state index contributed by atoms with van der Waals surface area (Å²) in [6.45, 7) is 9.37. The normalized spacial score (nSPS) is 25.6. The van der Waals surface area contributed by atoms with Crippen molar-refractivity contribution in [3.63, 3.8) is 0 Å². The summed E-state index contributed by atoms with van der Waals surface area (Å²) < 4.78 is 17.4. The van der Waals surface area contributed by atoms with Crippen molar-refractivity contribution in [2.24, 2.45) is 0 Å². The van der Waals surface area contributed by atoms with Gasteiger partial charge in [-0.25, -0.2) is 0 Å². The van der Waals surface area contributed by atoms with E-state index in [4.69, 9.17) is 4.74 Å². The second kappa shape index (κ2) is 5.58. The van der Waals surface area contributed by atoms with Crippen LogP contribution in [-0.2, 0) is 22.1 Å². The van der Waals surface area contributed by atoms with Gasteiger partial charge in [0.25, 0.3) is 0 Å². The van der Waals surface area contributed by atoms with E-state index in [0.29, 0.717) is 6.04 Å². The van der Waals surface area contributed by atoms with Gasteiger partial charge in [-0.1, -0.05) is 12.1 Å². The Morgan fingerprint density at radius 3 is 2.30 bits per heavy atom. The van der Waals surface area contributed by atoms with E-state index >= 15 is 0 Å². The molecule has 1 aliphatic rings. The van der Waals surface area contributed by atoms with Crippen molar-refractivity contribution in [3.05, 3.63) is 29.8 Å². The van der Waals surface area contributed by atoms with Gasteiger partial charge >= 0.3 is 0 Å². The third-order valence-electron chi connectivity index (χ3n) is 3.88. The Labute approximate surface area is 124 Å². The minimum atomic E-state index is -0.906. The average molecular weight is 295 g/mol. The smallest absolute Gasteiger partial charge is 0.0787 e. The highest BCUT2D eigenvalue weighted by Crippen LogP contribution is 2.37. The maximum absolute atomic E-state index is 11.4. The number of benzene rings is 1. The molecule has 0 amide bonds. The van der Waals surface area contributed by atoms with Crippen LogP contribution in [0.3, 0.4) is 0 Å². The lowest BCUT2D eigenvalue weighted by Crippen LogP contribution is -2.42. The molecule has 0 spiro atoms. The molecule has 1 N–H and O–H groups in total. The number of hydrogen-bond acceptors (Lipinski definition) is 3. The molecule has 0 aromatic heterocycles. The van der Waals surface area contributed by atoms with E-state index in [1.165, 1.54) is 5.56 Å². The van der Waals surface area contributed by atoms with Crippen molar-refractivity contribution in [3.8, 4) is 0 Å². The summed E-state index contributed by atoms with van der Waals surface area (Å²) in [5.74, 6) is 0. The molecular weight excluding hydrogens is 270 g/mol. The third-order valence-corrected chi connectivity index (χ3v) is 4.82. The predicted octanol–water partition coefficient (Wildman–Crippen LogP) is 2.86. The molecule has 2 rings (SSSR count). The average Bonchev–Trinajstić information content (AvgIpc) is 2.54. The van der Waals surface area contributed by atoms with Crippen LogP contribution in [0.25, 0.3) is 0 Å². The molecule has 0 unspecified atom stereocenters. The second-order valence-corrected chi connectivity index (χ2v) is 8.08. The Bertz CT molecular complexity index is 494. The lowest BCUT2D eigenvalue weighted by molar-refractivity contribution is -0.0699. The molecule has 0 radical (unpaired) electrons. The number of ether oxygens (including phenoxy) is 1. The zero-order valence-electron chi connectivity index (χ0n) is 13.0. The molecule has 20 heavy (non-hydrogen) atoms. The van der Waals surface area contributed by atoms with Crippen molar-refractivity contribution in [2.75, 3.05) is 6.26 Å². The Hall–Kier alpha value is -0.710. The molecule has 0 saturated carbocycles. The van der Waals surface area contributed by atoms with Crippen LogP contribution >= 0.6 is 0 Å². The van der Waals surface area contributed by atoms with Gasteiger partial charge in [0, 0.05) is 34.5 Å². The van der Waals surface area contributed by atoms with Crippen molar-refractivity contribution in [1.29, 1.82) is 0 Å². The zero-order chi connectivity index (χ0) is 15.0. The molecular formula is C16H25NO2S. The molecule has 1 aromatic carbocycles. The highest BCUT2D eigenvalue weighted by molar-refractivity contribution is 7.84. The lowest BCUT2D eigenvalue weighted by atomic mass is 9.94. The van der Waals surface area contributed by atoms with E-state index in [1.54, 1.807) is 6.26 Å². The molecule has 2 atom stereocenters. The van der Waals surface area contributed by atoms with Crippen molar-refractivity contribution in [2.45, 2.75) is 62.8 Å². The first-order valence-corrected chi connectivity index (χ1v) is 8.61. The lowest BCUT2D eigenvalue weighted by Gasteiger charge is -2.28. The Morgan fingerprint density at radius 2 is 1.85 bits per heavy atom. The van der Waals surface area contributed by atoms with E-state index in [1.807, 2.05) is 24.3 Å². The highest BCUT2D eigenvalue weighted by Gasteiger charge is 2.45. The van der Waals surface area contributed by atoms with Gasteiger partial charge in [0.2, 0.25) is 0 Å². The molecule has 1 aliphatic heterocycles. The number of hydrogen-bond donors (Lipinski definition) is 1. The number of nitrogens with one attached hydrogen (secondary N) is 1. The Morgan fingerprint density at radius 1 is 1.25 bits per heavy atom. The van der Waals surface area contributed by atoms with E-state index in [2.05, 4.69) is 33.0 Å². The summed E-state index contributed by atoms with van der Waals surface area (Å²) in [5, 5.41) is 3.59. The van der Waals surface area contributed by atoms with Crippen LogP contribution in [0, 0.1) is 0 Å². The largest absolute Gasteiger partial charge is 0.368 e. The van der Waals surface area contributed by atoms with Crippen LogP contribution in [0.15, 0.2) is 29.2 Å². The standard InChI is InChI=1S/C16H25NO2S/c1-15(2)10-14(16(3,4)19-15)17-11-12-6-8-13(9-7-12)20(5)18/h6-9,14,17H,10-11H2,1-5H3/t14-,20+/m0/s1. The van der Waals surface area contributed by atoms with Crippen molar-refractivity contribution < 1.29 is 8.95 Å². The van der Waals surface area contributed by atoms with Crippen molar-refractivity contribution >= 4 is 10.8 Å². The van der Waals surface area contributed by atoms with Gasteiger partial charge in [0.1, 0.15) is 0 Å².